The van der Waals surface area contributed by atoms with Gasteiger partial charge in [0.05, 0.1) is 39.6 Å². The topological polar surface area (TPSA) is 78.8 Å². The number of nitrogens with zero attached hydrogens (tertiary/aromatic N) is 4. The van der Waals surface area contributed by atoms with Crippen LogP contribution in [-0.2, 0) is 6.18 Å². The molecular weight excluding hydrogens is 451 g/mol. The summed E-state index contributed by atoms with van der Waals surface area (Å²) in [6.45, 7) is 1.68. The van der Waals surface area contributed by atoms with E-state index in [1.165, 1.54) is 12.1 Å². The number of hydrogen-bond acceptors (Lipinski definition) is 5. The smallest absolute Gasteiger partial charge is 0.370 e. The molecule has 0 radical (unpaired) electrons. The number of piperidine rings is 1. The Morgan fingerprint density at radius 3 is 2.11 bits per heavy atom. The first kappa shape index (κ1) is 22.8. The van der Waals surface area contributed by atoms with E-state index in [-0.39, 0.29) is 6.04 Å². The third-order valence-corrected chi connectivity index (χ3v) is 6.24. The Balaban J connectivity index is 1.64. The predicted octanol–water partition coefficient (Wildman–Crippen LogP) is 5.78. The second-order valence-corrected chi connectivity index (χ2v) is 8.71. The van der Waals surface area contributed by atoms with E-state index >= 15 is 0 Å². The molecule has 5 nitrogen and oxygen atoms in total. The predicted molar refractivity (Wildman–Crippen MR) is 130 cm³/mol. The van der Waals surface area contributed by atoms with Crippen molar-refractivity contribution in [3.63, 3.8) is 0 Å². The molecule has 5 rings (SSSR count). The Labute approximate surface area is 200 Å². The maximum absolute atomic E-state index is 13.1. The van der Waals surface area contributed by atoms with Gasteiger partial charge in [0.15, 0.2) is 0 Å². The van der Waals surface area contributed by atoms with Crippen molar-refractivity contribution in [3.8, 4) is 28.6 Å². The molecule has 1 atom stereocenters. The van der Waals surface area contributed by atoms with E-state index in [9.17, 15) is 13.2 Å². The monoisotopic (exact) mass is 473 g/mol. The third kappa shape index (κ3) is 4.68. The van der Waals surface area contributed by atoms with Crippen molar-refractivity contribution in [3.05, 3.63) is 77.9 Å². The van der Waals surface area contributed by atoms with Crippen LogP contribution in [0.15, 0.2) is 66.7 Å². The van der Waals surface area contributed by atoms with Crippen molar-refractivity contribution in [1.82, 2.24) is 9.97 Å². The molecule has 1 aliphatic heterocycles. The van der Waals surface area contributed by atoms with Gasteiger partial charge in [-0.05, 0) is 55.3 Å². The van der Waals surface area contributed by atoms with Gasteiger partial charge < -0.3 is 10.6 Å². The van der Waals surface area contributed by atoms with Crippen molar-refractivity contribution < 1.29 is 13.2 Å². The fourth-order valence-corrected chi connectivity index (χ4v) is 4.41. The lowest BCUT2D eigenvalue weighted by Crippen LogP contribution is -2.42. The molecule has 1 fully saturated rings. The molecule has 1 aliphatic rings. The third-order valence-electron chi connectivity index (χ3n) is 6.24. The number of nitrogens with two attached hydrogens (primary N) is 1. The molecule has 8 heteroatoms. The zero-order chi connectivity index (χ0) is 24.6. The molecule has 2 N–H and O–H groups in total. The van der Waals surface area contributed by atoms with Crippen LogP contribution in [0.2, 0.25) is 0 Å². The minimum Gasteiger partial charge on any atom is -0.370 e. The second-order valence-electron chi connectivity index (χ2n) is 8.71. The number of fused-ring (bicyclic) bond motifs is 1. The summed E-state index contributed by atoms with van der Waals surface area (Å²) in [6.07, 6.45) is -2.39. The number of rotatable bonds is 3. The van der Waals surface area contributed by atoms with Gasteiger partial charge in [-0.25, -0.2) is 9.97 Å². The van der Waals surface area contributed by atoms with Crippen molar-refractivity contribution in [2.24, 2.45) is 5.73 Å². The van der Waals surface area contributed by atoms with Crippen LogP contribution in [-0.4, -0.2) is 29.1 Å². The van der Waals surface area contributed by atoms with Gasteiger partial charge in [-0.3, -0.25) is 0 Å². The highest BCUT2D eigenvalue weighted by molar-refractivity contribution is 5.88. The highest BCUT2D eigenvalue weighted by atomic mass is 19.4. The Morgan fingerprint density at radius 2 is 1.51 bits per heavy atom. The van der Waals surface area contributed by atoms with E-state index in [0.29, 0.717) is 33.5 Å². The number of halogens is 3. The maximum Gasteiger partial charge on any atom is 0.416 e. The van der Waals surface area contributed by atoms with E-state index in [1.54, 1.807) is 24.3 Å². The molecule has 0 spiro atoms. The number of nitriles is 1. The SMILES string of the molecule is N#Cc1ccc(-c2nc3cc(N4CCC[C@H](N)C4)ccc3nc2-c2ccc(C(F)(F)F)cc2)cc1. The molecule has 3 aromatic carbocycles. The number of alkyl halides is 3. The van der Waals surface area contributed by atoms with Gasteiger partial charge in [0, 0.05) is 35.9 Å². The highest BCUT2D eigenvalue weighted by Gasteiger charge is 2.30. The molecule has 2 heterocycles. The van der Waals surface area contributed by atoms with Crippen LogP contribution in [0, 0.1) is 11.3 Å². The molecule has 0 bridgehead atoms. The summed E-state index contributed by atoms with van der Waals surface area (Å²) in [6, 6.07) is 19.9. The molecule has 176 valence electrons. The summed E-state index contributed by atoms with van der Waals surface area (Å²) in [5.41, 5.74) is 10.5. The second kappa shape index (κ2) is 9.01. The van der Waals surface area contributed by atoms with Crippen LogP contribution < -0.4 is 10.6 Å². The molecule has 0 saturated carbocycles. The van der Waals surface area contributed by atoms with Gasteiger partial charge >= 0.3 is 6.18 Å². The number of hydrogen-bond donors (Lipinski definition) is 1. The molecule has 0 aliphatic carbocycles. The number of aromatic nitrogens is 2. The summed E-state index contributed by atoms with van der Waals surface area (Å²) in [5.74, 6) is 0. The quantitative estimate of drug-likeness (QED) is 0.408. The van der Waals surface area contributed by atoms with E-state index in [2.05, 4.69) is 11.0 Å². The highest BCUT2D eigenvalue weighted by Crippen LogP contribution is 2.35. The van der Waals surface area contributed by atoms with Gasteiger partial charge in [0.1, 0.15) is 0 Å². The lowest BCUT2D eigenvalue weighted by atomic mass is 10.0. The first-order valence-corrected chi connectivity index (χ1v) is 11.3. The zero-order valence-corrected chi connectivity index (χ0v) is 18.8. The van der Waals surface area contributed by atoms with Gasteiger partial charge in [-0.15, -0.1) is 0 Å². The largest absolute Gasteiger partial charge is 0.416 e. The first-order valence-electron chi connectivity index (χ1n) is 11.3. The molecule has 0 unspecified atom stereocenters. The maximum atomic E-state index is 13.1. The van der Waals surface area contributed by atoms with Crippen LogP contribution in [0.1, 0.15) is 24.0 Å². The lowest BCUT2D eigenvalue weighted by Gasteiger charge is -2.32. The van der Waals surface area contributed by atoms with Gasteiger partial charge in [0.2, 0.25) is 0 Å². The summed E-state index contributed by atoms with van der Waals surface area (Å²) in [5, 5.41) is 9.15. The van der Waals surface area contributed by atoms with Crippen molar-refractivity contribution in [2.75, 3.05) is 18.0 Å². The average molecular weight is 474 g/mol. The van der Waals surface area contributed by atoms with Crippen molar-refractivity contribution >= 4 is 16.7 Å². The molecule has 35 heavy (non-hydrogen) atoms. The van der Waals surface area contributed by atoms with Crippen molar-refractivity contribution in [2.45, 2.75) is 25.1 Å². The molecule has 0 amide bonds. The van der Waals surface area contributed by atoms with Crippen LogP contribution in [0.5, 0.6) is 0 Å². The van der Waals surface area contributed by atoms with E-state index < -0.39 is 11.7 Å². The van der Waals surface area contributed by atoms with E-state index in [4.69, 9.17) is 21.0 Å². The van der Waals surface area contributed by atoms with Crippen LogP contribution in [0.4, 0.5) is 18.9 Å². The van der Waals surface area contributed by atoms with Crippen LogP contribution in [0.3, 0.4) is 0 Å². The standard InChI is InChI=1S/C27H22F3N5/c28-27(29,30)20-9-7-19(8-10-20)25-26(18-5-3-17(15-31)4-6-18)34-24-14-22(11-12-23(24)33-25)35-13-1-2-21(32)16-35/h3-12,14,21H,1-2,13,16,32H2/t21-/m0/s1. The number of anilines is 1. The molecular formula is C27H22F3N5. The van der Waals surface area contributed by atoms with Crippen LogP contribution >= 0.6 is 0 Å². The normalized spacial score (nSPS) is 16.3. The fraction of sp³-hybridized carbons (Fsp3) is 0.222. The van der Waals surface area contributed by atoms with Gasteiger partial charge in [-0.2, -0.15) is 18.4 Å². The molecule has 1 saturated heterocycles. The molecule has 4 aromatic rings. The zero-order valence-electron chi connectivity index (χ0n) is 18.8. The fourth-order valence-electron chi connectivity index (χ4n) is 4.41. The minimum atomic E-state index is -4.42. The Hall–Kier alpha value is -3.96. The van der Waals surface area contributed by atoms with Crippen molar-refractivity contribution in [1.29, 1.82) is 5.26 Å². The summed E-state index contributed by atoms with van der Waals surface area (Å²) < 4.78 is 39.3. The lowest BCUT2D eigenvalue weighted by molar-refractivity contribution is -0.137. The van der Waals surface area contributed by atoms with E-state index in [1.807, 2.05) is 18.2 Å². The van der Waals surface area contributed by atoms with Gasteiger partial charge in [0.25, 0.3) is 0 Å². The Bertz CT molecular complexity index is 1410. The Kier molecular flexibility index (Phi) is 5.87. The summed E-state index contributed by atoms with van der Waals surface area (Å²) >= 11 is 0. The van der Waals surface area contributed by atoms with Crippen LogP contribution in [0.25, 0.3) is 33.5 Å². The van der Waals surface area contributed by atoms with E-state index in [0.717, 1.165) is 49.3 Å². The van der Waals surface area contributed by atoms with Gasteiger partial charge in [-0.1, -0.05) is 24.3 Å². The summed E-state index contributed by atoms with van der Waals surface area (Å²) in [4.78, 5) is 11.9. The first-order chi connectivity index (χ1) is 16.8. The summed E-state index contributed by atoms with van der Waals surface area (Å²) in [7, 11) is 0. The Morgan fingerprint density at radius 1 is 0.886 bits per heavy atom. The minimum absolute atomic E-state index is 0.127. The molecule has 1 aromatic heterocycles. The number of benzene rings is 3. The average Bonchev–Trinajstić information content (AvgIpc) is 2.87.